The van der Waals surface area contributed by atoms with Crippen molar-refractivity contribution in [2.24, 2.45) is 0 Å². The third-order valence-corrected chi connectivity index (χ3v) is 5.72. The number of aromatic nitrogens is 3. The van der Waals surface area contributed by atoms with Gasteiger partial charge in [0, 0.05) is 42.0 Å². The highest BCUT2D eigenvalue weighted by molar-refractivity contribution is 6.31. The maximum absolute atomic E-state index is 15.5. The van der Waals surface area contributed by atoms with Gasteiger partial charge in [-0.2, -0.15) is 9.97 Å². The van der Waals surface area contributed by atoms with E-state index in [9.17, 15) is 5.11 Å². The highest BCUT2D eigenvalue weighted by Gasteiger charge is 2.34. The summed E-state index contributed by atoms with van der Waals surface area (Å²) in [4.78, 5) is 15.2. The van der Waals surface area contributed by atoms with Crippen molar-refractivity contribution in [2.45, 2.75) is 24.9 Å². The Kier molecular flexibility index (Phi) is 4.40. The Bertz CT molecular complexity index is 1080. The zero-order valence-corrected chi connectivity index (χ0v) is 16.4. The van der Waals surface area contributed by atoms with E-state index in [2.05, 4.69) is 25.2 Å². The molecule has 1 aromatic carbocycles. The number of piperazine rings is 1. The van der Waals surface area contributed by atoms with Crippen LogP contribution in [0.4, 0.5) is 10.2 Å². The Hall–Kier alpha value is -2.71. The predicted octanol–water partition coefficient (Wildman–Crippen LogP) is 3.14. The summed E-state index contributed by atoms with van der Waals surface area (Å²) >= 11 is 6.01. The molecule has 0 amide bonds. The fourth-order valence-electron chi connectivity index (χ4n) is 4.24. The van der Waals surface area contributed by atoms with E-state index in [1.807, 2.05) is 0 Å². The lowest BCUT2D eigenvalue weighted by molar-refractivity contribution is 0.380. The summed E-state index contributed by atoms with van der Waals surface area (Å²) in [6.07, 6.45) is 3.82. The van der Waals surface area contributed by atoms with Gasteiger partial charge in [0.05, 0.1) is 12.5 Å². The first kappa shape index (κ1) is 18.3. The molecule has 3 aromatic rings. The van der Waals surface area contributed by atoms with Gasteiger partial charge in [0.1, 0.15) is 22.8 Å². The third-order valence-electron chi connectivity index (χ3n) is 5.50. The molecule has 2 saturated heterocycles. The molecule has 2 aromatic heterocycles. The van der Waals surface area contributed by atoms with Crippen LogP contribution in [0.15, 0.2) is 24.4 Å². The molecule has 0 spiro atoms. The first-order valence-corrected chi connectivity index (χ1v) is 9.81. The van der Waals surface area contributed by atoms with Crippen molar-refractivity contribution < 1.29 is 14.2 Å². The number of halogens is 2. The van der Waals surface area contributed by atoms with E-state index >= 15 is 4.39 Å². The van der Waals surface area contributed by atoms with Crippen molar-refractivity contribution in [3.63, 3.8) is 0 Å². The van der Waals surface area contributed by atoms with E-state index < -0.39 is 5.82 Å². The van der Waals surface area contributed by atoms with Crippen molar-refractivity contribution in [1.82, 2.24) is 20.3 Å². The summed E-state index contributed by atoms with van der Waals surface area (Å²) in [6.45, 7) is 1.58. The van der Waals surface area contributed by atoms with Gasteiger partial charge in [-0.1, -0.05) is 11.6 Å². The number of hydrogen-bond donors (Lipinski definition) is 2. The molecule has 2 N–H and O–H groups in total. The standard InChI is InChI=1S/C20H19ClFN5O2/c1-29-20-25-18-15(19(26-20)27-8-12-2-3-13(9-27)24-12)7-23-17(16(18)22)10-4-11(21)6-14(28)5-10/h4-7,12-13,24,28H,2-3,8-9H2,1H3. The Labute approximate surface area is 171 Å². The molecule has 0 saturated carbocycles. The number of nitrogens with zero attached hydrogens (tertiary/aromatic N) is 4. The lowest BCUT2D eigenvalue weighted by Crippen LogP contribution is -2.51. The molecule has 2 aliphatic heterocycles. The summed E-state index contributed by atoms with van der Waals surface area (Å²) < 4.78 is 20.7. The van der Waals surface area contributed by atoms with Crippen LogP contribution in [0.3, 0.4) is 0 Å². The van der Waals surface area contributed by atoms with Crippen LogP contribution in [0.25, 0.3) is 22.2 Å². The molecule has 7 nitrogen and oxygen atoms in total. The van der Waals surface area contributed by atoms with Gasteiger partial charge in [0.25, 0.3) is 0 Å². The van der Waals surface area contributed by atoms with Crippen LogP contribution in [0, 0.1) is 5.82 Å². The van der Waals surface area contributed by atoms with Gasteiger partial charge in [-0.3, -0.25) is 4.98 Å². The first-order chi connectivity index (χ1) is 14.0. The lowest BCUT2D eigenvalue weighted by atomic mass is 10.1. The van der Waals surface area contributed by atoms with Gasteiger partial charge in [0.2, 0.25) is 0 Å². The topological polar surface area (TPSA) is 83.4 Å². The second kappa shape index (κ2) is 6.96. The number of rotatable bonds is 3. The Morgan fingerprint density at radius 2 is 1.97 bits per heavy atom. The van der Waals surface area contributed by atoms with E-state index in [0.717, 1.165) is 25.9 Å². The van der Waals surface area contributed by atoms with Crippen LogP contribution in [-0.4, -0.2) is 52.3 Å². The second-order valence-electron chi connectivity index (χ2n) is 7.46. The first-order valence-electron chi connectivity index (χ1n) is 9.43. The number of phenols is 1. The van der Waals surface area contributed by atoms with Gasteiger partial charge >= 0.3 is 6.01 Å². The zero-order chi connectivity index (χ0) is 20.1. The molecule has 2 bridgehead atoms. The molecule has 0 aliphatic carbocycles. The molecule has 29 heavy (non-hydrogen) atoms. The van der Waals surface area contributed by atoms with Crippen molar-refractivity contribution in [3.8, 4) is 23.0 Å². The van der Waals surface area contributed by atoms with Gasteiger partial charge in [-0.05, 0) is 31.0 Å². The minimum absolute atomic E-state index is 0.0578. The molecule has 2 atom stereocenters. The van der Waals surface area contributed by atoms with Gasteiger partial charge < -0.3 is 20.1 Å². The SMILES string of the molecule is COc1nc(N2CC3CCC(C2)N3)c2cnc(-c3cc(O)cc(Cl)c3)c(F)c2n1. The fraction of sp³-hybridized carbons (Fsp3) is 0.350. The van der Waals surface area contributed by atoms with Crippen LogP contribution in [0.5, 0.6) is 11.8 Å². The van der Waals surface area contributed by atoms with Crippen LogP contribution >= 0.6 is 11.6 Å². The zero-order valence-electron chi connectivity index (χ0n) is 15.7. The third kappa shape index (κ3) is 3.22. The Balaban J connectivity index is 1.67. The normalized spacial score (nSPS) is 21.0. The average Bonchev–Trinajstić information content (AvgIpc) is 3.04. The van der Waals surface area contributed by atoms with Crippen LogP contribution < -0.4 is 15.0 Å². The van der Waals surface area contributed by atoms with E-state index in [-0.39, 0.29) is 23.0 Å². The summed E-state index contributed by atoms with van der Waals surface area (Å²) in [7, 11) is 1.46. The quantitative estimate of drug-likeness (QED) is 0.679. The number of fused-ring (bicyclic) bond motifs is 3. The van der Waals surface area contributed by atoms with Crippen LogP contribution in [0.1, 0.15) is 12.8 Å². The van der Waals surface area contributed by atoms with Gasteiger partial charge in [0.15, 0.2) is 5.82 Å². The van der Waals surface area contributed by atoms with E-state index in [1.165, 1.54) is 19.2 Å². The molecule has 0 radical (unpaired) electrons. The smallest absolute Gasteiger partial charge is 0.318 e. The maximum Gasteiger partial charge on any atom is 0.318 e. The number of anilines is 1. The Morgan fingerprint density at radius 1 is 1.21 bits per heavy atom. The highest BCUT2D eigenvalue weighted by atomic mass is 35.5. The highest BCUT2D eigenvalue weighted by Crippen LogP contribution is 2.35. The summed E-state index contributed by atoms with van der Waals surface area (Å²) in [5.41, 5.74) is 0.554. The molecule has 2 unspecified atom stereocenters. The molecular weight excluding hydrogens is 397 g/mol. The van der Waals surface area contributed by atoms with Crippen LogP contribution in [0.2, 0.25) is 5.02 Å². The summed E-state index contributed by atoms with van der Waals surface area (Å²) in [6, 6.07) is 5.24. The van der Waals surface area contributed by atoms with E-state index in [1.54, 1.807) is 12.3 Å². The average molecular weight is 416 g/mol. The molecule has 4 heterocycles. The Morgan fingerprint density at radius 3 is 2.66 bits per heavy atom. The monoisotopic (exact) mass is 415 g/mol. The van der Waals surface area contributed by atoms with Crippen LogP contribution in [-0.2, 0) is 0 Å². The minimum atomic E-state index is -0.607. The largest absolute Gasteiger partial charge is 0.508 e. The second-order valence-corrected chi connectivity index (χ2v) is 7.89. The molecule has 9 heteroatoms. The number of hydrogen-bond acceptors (Lipinski definition) is 7. The van der Waals surface area contributed by atoms with Crippen molar-refractivity contribution >= 4 is 28.3 Å². The van der Waals surface area contributed by atoms with Crippen molar-refractivity contribution in [2.75, 3.05) is 25.1 Å². The number of pyridine rings is 1. The number of benzene rings is 1. The van der Waals surface area contributed by atoms with Crippen molar-refractivity contribution in [3.05, 3.63) is 35.2 Å². The number of methoxy groups -OCH3 is 1. The molecule has 150 valence electrons. The molecule has 5 rings (SSSR count). The number of aromatic hydroxyl groups is 1. The predicted molar refractivity (Wildman–Crippen MR) is 108 cm³/mol. The number of phenolic OH excluding ortho intramolecular Hbond substituents is 1. The maximum atomic E-state index is 15.5. The molecule has 2 aliphatic rings. The number of nitrogens with one attached hydrogen (secondary N) is 1. The van der Waals surface area contributed by atoms with E-state index in [0.29, 0.717) is 33.9 Å². The number of ether oxygens (including phenoxy) is 1. The minimum Gasteiger partial charge on any atom is -0.508 e. The molecular formula is C20H19ClFN5O2. The molecule has 2 fully saturated rings. The lowest BCUT2D eigenvalue weighted by Gasteiger charge is -2.34. The summed E-state index contributed by atoms with van der Waals surface area (Å²) in [5.74, 6) is -0.0487. The fourth-order valence-corrected chi connectivity index (χ4v) is 4.47. The van der Waals surface area contributed by atoms with E-state index in [4.69, 9.17) is 16.3 Å². The van der Waals surface area contributed by atoms with Gasteiger partial charge in [-0.15, -0.1) is 0 Å². The summed E-state index contributed by atoms with van der Waals surface area (Å²) in [5, 5.41) is 14.2. The van der Waals surface area contributed by atoms with Crippen molar-refractivity contribution in [1.29, 1.82) is 0 Å². The van der Waals surface area contributed by atoms with Gasteiger partial charge in [-0.25, -0.2) is 4.39 Å².